The molecule has 21 heavy (non-hydrogen) atoms. The van der Waals surface area contributed by atoms with E-state index in [1.165, 1.54) is 11.3 Å². The minimum Gasteiger partial charge on any atom is -0.381 e. The second kappa shape index (κ2) is 7.56. The number of rotatable bonds is 5. The van der Waals surface area contributed by atoms with E-state index in [9.17, 15) is 4.79 Å². The standard InChI is InChI=1S/C13H23N5O2S/c1-3-18(8-10-4-6-20-7-5-10)13(19)15-9(2)11-16-17-12(14)21-11/h9-10H,3-8H2,1-2H3,(H2,14,17)(H,15,19)/t9-/m0/s1. The monoisotopic (exact) mass is 313 g/mol. The van der Waals surface area contributed by atoms with Gasteiger partial charge in [-0.05, 0) is 32.6 Å². The molecule has 1 aliphatic rings. The van der Waals surface area contributed by atoms with Crippen LogP contribution in [0.4, 0.5) is 9.93 Å². The number of carbonyl (C=O) groups is 1. The van der Waals surface area contributed by atoms with Gasteiger partial charge in [0.15, 0.2) is 0 Å². The van der Waals surface area contributed by atoms with Crippen LogP contribution in [0.15, 0.2) is 0 Å². The predicted molar refractivity (Wildman–Crippen MR) is 82.1 cm³/mol. The van der Waals surface area contributed by atoms with Crippen molar-refractivity contribution in [3.63, 3.8) is 0 Å². The summed E-state index contributed by atoms with van der Waals surface area (Å²) in [5.41, 5.74) is 5.57. The highest BCUT2D eigenvalue weighted by Gasteiger charge is 2.22. The van der Waals surface area contributed by atoms with Gasteiger partial charge in [0.1, 0.15) is 5.01 Å². The molecule has 2 rings (SSSR count). The molecule has 1 aromatic heterocycles. The minimum atomic E-state index is -0.184. The Balaban J connectivity index is 1.87. The average Bonchev–Trinajstić information content (AvgIpc) is 2.92. The molecule has 3 N–H and O–H groups in total. The van der Waals surface area contributed by atoms with E-state index >= 15 is 0 Å². The maximum Gasteiger partial charge on any atom is 0.317 e. The summed E-state index contributed by atoms with van der Waals surface area (Å²) in [5, 5.41) is 11.8. The largest absolute Gasteiger partial charge is 0.381 e. The van der Waals surface area contributed by atoms with E-state index in [-0.39, 0.29) is 12.1 Å². The molecule has 0 aromatic carbocycles. The molecule has 2 amide bonds. The number of nitrogens with one attached hydrogen (secondary N) is 1. The summed E-state index contributed by atoms with van der Waals surface area (Å²) in [4.78, 5) is 14.2. The molecule has 0 spiro atoms. The van der Waals surface area contributed by atoms with Crippen LogP contribution in [0.2, 0.25) is 0 Å². The normalized spacial score (nSPS) is 17.4. The topological polar surface area (TPSA) is 93.4 Å². The number of carbonyl (C=O) groups excluding carboxylic acids is 1. The lowest BCUT2D eigenvalue weighted by molar-refractivity contribution is 0.0567. The van der Waals surface area contributed by atoms with Gasteiger partial charge in [-0.15, -0.1) is 10.2 Å². The fourth-order valence-corrected chi connectivity index (χ4v) is 2.97. The van der Waals surface area contributed by atoms with Gasteiger partial charge in [-0.2, -0.15) is 0 Å². The first-order valence-electron chi connectivity index (χ1n) is 7.32. The SMILES string of the molecule is CCN(CC1CCOCC1)C(=O)N[C@@H](C)c1nnc(N)s1. The van der Waals surface area contributed by atoms with Crippen LogP contribution in [0.5, 0.6) is 0 Å². The van der Waals surface area contributed by atoms with Gasteiger partial charge < -0.3 is 20.7 Å². The van der Waals surface area contributed by atoms with Crippen LogP contribution in [0.3, 0.4) is 0 Å². The number of nitrogens with two attached hydrogens (primary N) is 1. The van der Waals surface area contributed by atoms with Crippen LogP contribution in [-0.4, -0.2) is 47.4 Å². The molecule has 1 atom stereocenters. The average molecular weight is 313 g/mol. The van der Waals surface area contributed by atoms with E-state index in [0.29, 0.717) is 17.6 Å². The van der Waals surface area contributed by atoms with Crippen molar-refractivity contribution in [1.29, 1.82) is 0 Å². The summed E-state index contributed by atoms with van der Waals surface area (Å²) in [6, 6.07) is -0.249. The number of anilines is 1. The smallest absolute Gasteiger partial charge is 0.317 e. The maximum absolute atomic E-state index is 12.3. The molecule has 118 valence electrons. The molecule has 2 heterocycles. The highest BCUT2D eigenvalue weighted by atomic mass is 32.1. The summed E-state index contributed by atoms with van der Waals surface area (Å²) >= 11 is 1.30. The molecule has 7 nitrogen and oxygen atoms in total. The number of amides is 2. The highest BCUT2D eigenvalue weighted by molar-refractivity contribution is 7.15. The Labute approximate surface area is 128 Å². The highest BCUT2D eigenvalue weighted by Crippen LogP contribution is 2.20. The Morgan fingerprint density at radius 3 is 2.81 bits per heavy atom. The Bertz CT molecular complexity index is 461. The molecule has 1 aliphatic heterocycles. The van der Waals surface area contributed by atoms with Crippen molar-refractivity contribution in [1.82, 2.24) is 20.4 Å². The minimum absolute atomic E-state index is 0.0646. The molecule has 0 unspecified atom stereocenters. The zero-order valence-electron chi connectivity index (χ0n) is 12.5. The second-order valence-corrected chi connectivity index (χ2v) is 6.28. The van der Waals surface area contributed by atoms with Gasteiger partial charge in [0.25, 0.3) is 0 Å². The van der Waals surface area contributed by atoms with Crippen LogP contribution >= 0.6 is 11.3 Å². The second-order valence-electron chi connectivity index (χ2n) is 5.24. The van der Waals surface area contributed by atoms with Gasteiger partial charge in [0.2, 0.25) is 5.13 Å². The van der Waals surface area contributed by atoms with Crippen molar-refractivity contribution >= 4 is 22.5 Å². The molecule has 0 radical (unpaired) electrons. The first-order valence-corrected chi connectivity index (χ1v) is 8.13. The lowest BCUT2D eigenvalue weighted by Crippen LogP contribution is -2.44. The third-order valence-electron chi connectivity index (χ3n) is 3.66. The number of ether oxygens (including phenoxy) is 1. The predicted octanol–water partition coefficient (Wildman–Crippen LogP) is 1.64. The third kappa shape index (κ3) is 4.53. The Kier molecular flexibility index (Phi) is 5.75. The van der Waals surface area contributed by atoms with Crippen molar-refractivity contribution in [2.75, 3.05) is 32.0 Å². The Morgan fingerprint density at radius 1 is 1.52 bits per heavy atom. The number of aromatic nitrogens is 2. The zero-order chi connectivity index (χ0) is 15.2. The molecule has 0 aliphatic carbocycles. The summed E-state index contributed by atoms with van der Waals surface area (Å²) < 4.78 is 5.36. The summed E-state index contributed by atoms with van der Waals surface area (Å²) in [6.07, 6.45) is 2.04. The van der Waals surface area contributed by atoms with Crippen LogP contribution in [0.25, 0.3) is 0 Å². The van der Waals surface area contributed by atoms with Gasteiger partial charge in [0.05, 0.1) is 6.04 Å². The first-order chi connectivity index (χ1) is 10.1. The maximum atomic E-state index is 12.3. The van der Waals surface area contributed by atoms with Gasteiger partial charge in [0, 0.05) is 26.3 Å². The van der Waals surface area contributed by atoms with E-state index in [4.69, 9.17) is 10.5 Å². The number of hydrogen-bond donors (Lipinski definition) is 2. The van der Waals surface area contributed by atoms with E-state index in [2.05, 4.69) is 15.5 Å². The molecular formula is C13H23N5O2S. The summed E-state index contributed by atoms with van der Waals surface area (Å²) in [5.74, 6) is 0.525. The van der Waals surface area contributed by atoms with Crippen LogP contribution in [-0.2, 0) is 4.74 Å². The van der Waals surface area contributed by atoms with Crippen molar-refractivity contribution < 1.29 is 9.53 Å². The van der Waals surface area contributed by atoms with Crippen molar-refractivity contribution in [2.24, 2.45) is 5.92 Å². The van der Waals surface area contributed by atoms with E-state index in [0.717, 1.165) is 37.6 Å². The van der Waals surface area contributed by atoms with E-state index in [1.54, 1.807) is 0 Å². The molecule has 1 fully saturated rings. The molecule has 1 saturated heterocycles. The number of nitrogen functional groups attached to an aromatic ring is 1. The van der Waals surface area contributed by atoms with Crippen LogP contribution < -0.4 is 11.1 Å². The van der Waals surface area contributed by atoms with Crippen LogP contribution in [0, 0.1) is 5.92 Å². The van der Waals surface area contributed by atoms with E-state index in [1.807, 2.05) is 18.7 Å². The lowest BCUT2D eigenvalue weighted by atomic mass is 10.00. The van der Waals surface area contributed by atoms with Gasteiger partial charge >= 0.3 is 6.03 Å². The molecule has 1 aromatic rings. The van der Waals surface area contributed by atoms with Crippen molar-refractivity contribution in [2.45, 2.75) is 32.7 Å². The number of urea groups is 1. The lowest BCUT2D eigenvalue weighted by Gasteiger charge is -2.29. The Morgan fingerprint density at radius 2 is 2.24 bits per heavy atom. The number of nitrogens with zero attached hydrogens (tertiary/aromatic N) is 3. The molecule has 0 bridgehead atoms. The molecule has 8 heteroatoms. The van der Waals surface area contributed by atoms with Gasteiger partial charge in [-0.1, -0.05) is 11.3 Å². The van der Waals surface area contributed by atoms with Crippen molar-refractivity contribution in [3.8, 4) is 0 Å². The third-order valence-corrected chi connectivity index (χ3v) is 4.59. The fraction of sp³-hybridized carbons (Fsp3) is 0.769. The quantitative estimate of drug-likeness (QED) is 0.862. The van der Waals surface area contributed by atoms with Gasteiger partial charge in [-0.3, -0.25) is 0 Å². The zero-order valence-corrected chi connectivity index (χ0v) is 13.4. The molecular weight excluding hydrogens is 290 g/mol. The number of hydrogen-bond acceptors (Lipinski definition) is 6. The van der Waals surface area contributed by atoms with Crippen molar-refractivity contribution in [3.05, 3.63) is 5.01 Å². The Hall–Kier alpha value is -1.41. The molecule has 0 saturated carbocycles. The van der Waals surface area contributed by atoms with E-state index < -0.39 is 0 Å². The summed E-state index contributed by atoms with van der Waals surface area (Å²) in [6.45, 7) is 6.94. The van der Waals surface area contributed by atoms with Crippen LogP contribution in [0.1, 0.15) is 37.7 Å². The van der Waals surface area contributed by atoms with Gasteiger partial charge in [-0.25, -0.2) is 4.79 Å². The fourth-order valence-electron chi connectivity index (χ4n) is 2.36. The summed E-state index contributed by atoms with van der Waals surface area (Å²) in [7, 11) is 0. The first kappa shape index (κ1) is 16.0.